The maximum Gasteiger partial charge on any atom is 0.291 e. The van der Waals surface area contributed by atoms with Crippen LogP contribution < -0.4 is 11.0 Å². The van der Waals surface area contributed by atoms with Crippen LogP contribution in [0.2, 0.25) is 5.02 Å². The third-order valence-electron chi connectivity index (χ3n) is 2.48. The number of nitrogens with two attached hydrogens (primary N) is 1. The summed E-state index contributed by atoms with van der Waals surface area (Å²) >= 11 is 7.59. The maximum absolute atomic E-state index is 12.4. The number of hydrogen-bond acceptors (Lipinski definition) is 3. The van der Waals surface area contributed by atoms with Gasteiger partial charge in [0.2, 0.25) is 0 Å². The number of halogens is 2. The molecule has 3 N–H and O–H groups in total. The first kappa shape index (κ1) is 13.9. The van der Waals surface area contributed by atoms with Crippen LogP contribution in [-0.2, 0) is 9.09 Å². The van der Waals surface area contributed by atoms with E-state index in [4.69, 9.17) is 21.9 Å². The summed E-state index contributed by atoms with van der Waals surface area (Å²) < 4.78 is 17.4. The molecule has 2 rings (SSSR count). The number of carbonyl (C=O) groups excluding carboxylic acids is 1. The molecule has 0 bridgehead atoms. The van der Waals surface area contributed by atoms with Gasteiger partial charge in [-0.3, -0.25) is 9.36 Å². The lowest BCUT2D eigenvalue weighted by Crippen LogP contribution is -2.20. The van der Waals surface area contributed by atoms with Gasteiger partial charge in [-0.2, -0.15) is 0 Å². The van der Waals surface area contributed by atoms with Gasteiger partial charge < -0.3 is 15.2 Å². The summed E-state index contributed by atoms with van der Waals surface area (Å²) in [7, 11) is 1.32. The maximum atomic E-state index is 12.4. The van der Waals surface area contributed by atoms with Gasteiger partial charge in [0, 0.05) is 45.1 Å². The van der Waals surface area contributed by atoms with Gasteiger partial charge in [0.15, 0.2) is 0 Å². The Kier molecular flexibility index (Phi) is 3.73. The first-order chi connectivity index (χ1) is 8.36. The molecule has 0 spiro atoms. The fraction of sp³-hybridized carbons (Fsp3) is 0.100. The van der Waals surface area contributed by atoms with Crippen LogP contribution in [0.3, 0.4) is 0 Å². The number of benzene rings is 1. The van der Waals surface area contributed by atoms with Crippen molar-refractivity contribution in [3.05, 3.63) is 28.9 Å². The third kappa shape index (κ3) is 2.30. The molecule has 5 nitrogen and oxygen atoms in total. The monoisotopic (exact) mass is 398 g/mol. The SMILES string of the molecule is CO[P@](=O)(I)c1c(C(N)=O)[nH]c2ccc(Cl)cc12. The van der Waals surface area contributed by atoms with Crippen LogP contribution in [0.25, 0.3) is 10.9 Å². The van der Waals surface area contributed by atoms with Gasteiger partial charge in [0.05, 0.1) is 5.30 Å². The van der Waals surface area contributed by atoms with Crippen molar-refractivity contribution in [2.24, 2.45) is 5.73 Å². The average Bonchev–Trinajstić information content (AvgIpc) is 2.68. The average molecular weight is 399 g/mol. The van der Waals surface area contributed by atoms with Crippen LogP contribution in [0.4, 0.5) is 0 Å². The first-order valence-corrected chi connectivity index (χ1v) is 9.62. The smallest absolute Gasteiger partial charge is 0.291 e. The second-order valence-electron chi connectivity index (χ2n) is 3.56. The predicted molar refractivity (Wildman–Crippen MR) is 80.1 cm³/mol. The standard InChI is InChI=1S/C10H9ClIN2O3P/c1-17-18(12,16)9-6-4-5(11)2-3-7(6)14-8(9)10(13)15/h2-4,14H,1H3,(H2,13,15)/t18-/m0/s1. The molecule has 0 aliphatic rings. The van der Waals surface area contributed by atoms with Crippen LogP contribution >= 0.6 is 38.7 Å². The van der Waals surface area contributed by atoms with E-state index in [1.807, 2.05) is 0 Å². The molecule has 1 heterocycles. The summed E-state index contributed by atoms with van der Waals surface area (Å²) in [6.07, 6.45) is 0. The van der Waals surface area contributed by atoms with Crippen LogP contribution in [-0.4, -0.2) is 18.0 Å². The van der Waals surface area contributed by atoms with Gasteiger partial charge in [-0.05, 0) is 18.2 Å². The van der Waals surface area contributed by atoms with Crippen molar-refractivity contribution in [2.75, 3.05) is 7.11 Å². The number of hydrogen-bond donors (Lipinski definition) is 2. The Hall–Kier alpha value is -0.560. The molecule has 1 aromatic carbocycles. The zero-order valence-corrected chi connectivity index (χ0v) is 13.0. The van der Waals surface area contributed by atoms with Crippen LogP contribution in [0.15, 0.2) is 18.2 Å². The van der Waals surface area contributed by atoms with E-state index in [0.29, 0.717) is 15.9 Å². The highest BCUT2D eigenvalue weighted by Gasteiger charge is 2.30. The van der Waals surface area contributed by atoms with E-state index in [9.17, 15) is 9.36 Å². The van der Waals surface area contributed by atoms with Gasteiger partial charge >= 0.3 is 0 Å². The number of rotatable bonds is 3. The summed E-state index contributed by atoms with van der Waals surface area (Å²) in [5.41, 5.74) is 6.01. The first-order valence-electron chi connectivity index (χ1n) is 4.84. The third-order valence-corrected chi connectivity index (χ3v) is 6.81. The van der Waals surface area contributed by atoms with Crippen LogP contribution in [0.1, 0.15) is 10.5 Å². The Balaban J connectivity index is 2.89. The minimum atomic E-state index is -3.16. The lowest BCUT2D eigenvalue weighted by atomic mass is 10.2. The molecule has 0 aliphatic carbocycles. The molecule has 1 amide bonds. The van der Waals surface area contributed by atoms with Gasteiger partial charge in [-0.15, -0.1) is 0 Å². The van der Waals surface area contributed by atoms with E-state index in [1.165, 1.54) is 7.11 Å². The topological polar surface area (TPSA) is 85.2 Å². The van der Waals surface area contributed by atoms with Crippen LogP contribution in [0.5, 0.6) is 0 Å². The Morgan fingerprint density at radius 3 is 2.78 bits per heavy atom. The second kappa shape index (κ2) is 4.85. The number of amides is 1. The zero-order valence-electron chi connectivity index (χ0n) is 9.24. The molecule has 1 atom stereocenters. The normalized spacial score (nSPS) is 14.6. The summed E-state index contributed by atoms with van der Waals surface area (Å²) in [4.78, 5) is 14.3. The van der Waals surface area contributed by atoms with Crippen molar-refractivity contribution in [2.45, 2.75) is 0 Å². The lowest BCUT2D eigenvalue weighted by molar-refractivity contribution is 0.0997. The molecular weight excluding hydrogens is 389 g/mol. The van der Waals surface area contributed by atoms with Crippen LogP contribution in [0, 0.1) is 0 Å². The van der Waals surface area contributed by atoms with E-state index < -0.39 is 10.9 Å². The fourth-order valence-corrected chi connectivity index (χ4v) is 4.46. The predicted octanol–water partition coefficient (Wildman–Crippen LogP) is 2.82. The highest BCUT2D eigenvalue weighted by atomic mass is 127. The van der Waals surface area contributed by atoms with E-state index in [0.717, 1.165) is 0 Å². The Morgan fingerprint density at radius 2 is 2.22 bits per heavy atom. The summed E-state index contributed by atoms with van der Waals surface area (Å²) in [5.74, 6) is -0.689. The quantitative estimate of drug-likeness (QED) is 0.616. The highest BCUT2D eigenvalue weighted by Crippen LogP contribution is 2.55. The molecule has 1 aromatic heterocycles. The van der Waals surface area contributed by atoms with E-state index >= 15 is 0 Å². The number of aromatic nitrogens is 1. The Bertz CT molecular complexity index is 685. The van der Waals surface area contributed by atoms with Crippen molar-refractivity contribution in [1.82, 2.24) is 4.98 Å². The van der Waals surface area contributed by atoms with Gasteiger partial charge in [-0.25, -0.2) is 0 Å². The number of carbonyl (C=O) groups is 1. The molecule has 0 aliphatic heterocycles. The number of primary amides is 1. The fourth-order valence-electron chi connectivity index (χ4n) is 1.70. The molecule has 0 saturated heterocycles. The van der Waals surface area contributed by atoms with Crippen molar-refractivity contribution in [3.63, 3.8) is 0 Å². The molecule has 0 radical (unpaired) electrons. The van der Waals surface area contributed by atoms with Gasteiger partial charge in [-0.1, -0.05) is 11.6 Å². The van der Waals surface area contributed by atoms with Crippen molar-refractivity contribution in [3.8, 4) is 0 Å². The number of H-pyrrole nitrogens is 1. The molecule has 8 heteroatoms. The summed E-state index contributed by atoms with van der Waals surface area (Å²) in [6.45, 7) is 0. The molecule has 0 saturated carbocycles. The molecular formula is C10H9ClIN2O3P. The van der Waals surface area contributed by atoms with Crippen molar-refractivity contribution < 1.29 is 13.9 Å². The van der Waals surface area contributed by atoms with Crippen molar-refractivity contribution in [1.29, 1.82) is 0 Å². The zero-order chi connectivity index (χ0) is 13.5. The molecule has 0 fully saturated rings. The van der Waals surface area contributed by atoms with E-state index in [-0.39, 0.29) is 11.0 Å². The van der Waals surface area contributed by atoms with Gasteiger partial charge in [0.25, 0.3) is 10.9 Å². The van der Waals surface area contributed by atoms with E-state index in [1.54, 1.807) is 40.2 Å². The molecule has 18 heavy (non-hydrogen) atoms. The Morgan fingerprint density at radius 1 is 1.56 bits per heavy atom. The Labute approximate surface area is 121 Å². The molecule has 96 valence electrons. The summed E-state index contributed by atoms with van der Waals surface area (Å²) in [6, 6.07) is 4.99. The summed E-state index contributed by atoms with van der Waals surface area (Å²) in [5, 5.41) is -1.82. The number of aromatic amines is 1. The highest BCUT2D eigenvalue weighted by molar-refractivity contribution is 14.2. The van der Waals surface area contributed by atoms with Gasteiger partial charge in [0.1, 0.15) is 5.69 Å². The minimum Gasteiger partial charge on any atom is -0.364 e. The number of fused-ring (bicyclic) bond motifs is 1. The number of nitrogens with one attached hydrogen (secondary N) is 1. The molecule has 0 unspecified atom stereocenters. The minimum absolute atomic E-state index is 0.0897. The largest absolute Gasteiger partial charge is 0.364 e. The lowest BCUT2D eigenvalue weighted by Gasteiger charge is -2.09. The molecule has 2 aromatic rings. The van der Waals surface area contributed by atoms with E-state index in [2.05, 4.69) is 4.98 Å². The van der Waals surface area contributed by atoms with Crippen molar-refractivity contribution >= 4 is 60.8 Å². The second-order valence-corrected chi connectivity index (χ2v) is 9.58.